The van der Waals surface area contributed by atoms with Gasteiger partial charge < -0.3 is 4.90 Å². The molecular formula is C10H19N3O. The number of hydrogen-bond donors (Lipinski definition) is 1. The average molecular weight is 197 g/mol. The normalized spacial score (nSPS) is 14.2. The van der Waals surface area contributed by atoms with Gasteiger partial charge in [-0.2, -0.15) is 5.26 Å². The molecule has 0 aromatic heterocycles. The molecule has 0 aliphatic carbocycles. The molecule has 4 heteroatoms. The van der Waals surface area contributed by atoms with Gasteiger partial charge in [0.05, 0.1) is 12.5 Å². The second-order valence-electron chi connectivity index (χ2n) is 3.65. The Hall–Kier alpha value is -1.08. The average Bonchev–Trinajstić information content (AvgIpc) is 2.16. The molecule has 0 bridgehead atoms. The van der Waals surface area contributed by atoms with Crippen LogP contribution in [-0.2, 0) is 4.79 Å². The summed E-state index contributed by atoms with van der Waals surface area (Å²) in [6.07, 6.45) is 1.20. The summed E-state index contributed by atoms with van der Waals surface area (Å²) in [5, 5.41) is 11.9. The first kappa shape index (κ1) is 12.9. The van der Waals surface area contributed by atoms with Crippen molar-refractivity contribution in [2.24, 2.45) is 0 Å². The van der Waals surface area contributed by atoms with Crippen LogP contribution in [0.1, 0.15) is 26.7 Å². The van der Waals surface area contributed by atoms with E-state index in [1.54, 1.807) is 14.1 Å². The predicted molar refractivity (Wildman–Crippen MR) is 55.6 cm³/mol. The third kappa shape index (κ3) is 4.83. The van der Waals surface area contributed by atoms with Crippen LogP contribution in [0.2, 0.25) is 0 Å². The minimum absolute atomic E-state index is 0.0210. The highest BCUT2D eigenvalue weighted by Gasteiger charge is 2.15. The van der Waals surface area contributed by atoms with Crippen molar-refractivity contribution in [2.75, 3.05) is 14.1 Å². The number of hydrogen-bond acceptors (Lipinski definition) is 3. The van der Waals surface area contributed by atoms with Crippen molar-refractivity contribution < 1.29 is 4.79 Å². The van der Waals surface area contributed by atoms with E-state index in [1.165, 1.54) is 4.90 Å². The second-order valence-corrected chi connectivity index (χ2v) is 3.65. The van der Waals surface area contributed by atoms with E-state index in [1.807, 2.05) is 13.8 Å². The molecule has 2 unspecified atom stereocenters. The van der Waals surface area contributed by atoms with E-state index in [-0.39, 0.29) is 24.4 Å². The zero-order valence-corrected chi connectivity index (χ0v) is 9.37. The molecule has 4 nitrogen and oxygen atoms in total. The minimum Gasteiger partial charge on any atom is -0.349 e. The lowest BCUT2D eigenvalue weighted by atomic mass is 10.1. The lowest BCUT2D eigenvalue weighted by Gasteiger charge is -2.18. The molecule has 0 saturated heterocycles. The van der Waals surface area contributed by atoms with Gasteiger partial charge >= 0.3 is 0 Å². The van der Waals surface area contributed by atoms with Gasteiger partial charge in [0.2, 0.25) is 5.91 Å². The van der Waals surface area contributed by atoms with Crippen molar-refractivity contribution in [3.05, 3.63) is 0 Å². The highest BCUT2D eigenvalue weighted by atomic mass is 16.2. The maximum atomic E-state index is 11.3. The molecule has 80 valence electrons. The van der Waals surface area contributed by atoms with Gasteiger partial charge in [0.1, 0.15) is 6.04 Å². The Bertz CT molecular complexity index is 220. The lowest BCUT2D eigenvalue weighted by molar-refractivity contribution is -0.128. The van der Waals surface area contributed by atoms with Crippen molar-refractivity contribution in [3.63, 3.8) is 0 Å². The zero-order valence-electron chi connectivity index (χ0n) is 9.37. The summed E-state index contributed by atoms with van der Waals surface area (Å²) in [6.45, 7) is 4.05. The van der Waals surface area contributed by atoms with Crippen LogP contribution >= 0.6 is 0 Å². The highest BCUT2D eigenvalue weighted by molar-refractivity contribution is 5.76. The van der Waals surface area contributed by atoms with Crippen LogP contribution in [0.4, 0.5) is 0 Å². The SMILES string of the molecule is CCC(C)NC(C#N)CC(=O)N(C)C. The first-order valence-corrected chi connectivity index (χ1v) is 4.87. The fourth-order valence-corrected chi connectivity index (χ4v) is 0.960. The van der Waals surface area contributed by atoms with Gasteiger partial charge in [-0.25, -0.2) is 0 Å². The molecular weight excluding hydrogens is 178 g/mol. The molecule has 0 aliphatic heterocycles. The summed E-state index contributed by atoms with van der Waals surface area (Å²) in [7, 11) is 3.39. The standard InChI is InChI=1S/C10H19N3O/c1-5-8(2)12-9(7-11)6-10(14)13(3)4/h8-9,12H,5-6H2,1-4H3. The maximum Gasteiger partial charge on any atom is 0.224 e. The van der Waals surface area contributed by atoms with Crippen molar-refractivity contribution in [2.45, 2.75) is 38.8 Å². The number of nitrogens with one attached hydrogen (secondary N) is 1. The van der Waals surface area contributed by atoms with Crippen LogP contribution in [0.15, 0.2) is 0 Å². The van der Waals surface area contributed by atoms with Gasteiger partial charge in [-0.05, 0) is 13.3 Å². The molecule has 0 aliphatic rings. The van der Waals surface area contributed by atoms with Crippen LogP contribution in [0.25, 0.3) is 0 Å². The number of rotatable bonds is 5. The zero-order chi connectivity index (χ0) is 11.1. The topological polar surface area (TPSA) is 56.1 Å². The quantitative estimate of drug-likeness (QED) is 0.707. The molecule has 2 atom stereocenters. The monoisotopic (exact) mass is 197 g/mol. The summed E-state index contributed by atoms with van der Waals surface area (Å²) in [4.78, 5) is 12.8. The van der Waals surface area contributed by atoms with E-state index in [2.05, 4.69) is 11.4 Å². The van der Waals surface area contributed by atoms with E-state index in [0.29, 0.717) is 0 Å². The molecule has 1 amide bonds. The molecule has 0 heterocycles. The minimum atomic E-state index is -0.375. The Labute approximate surface area is 85.9 Å². The summed E-state index contributed by atoms with van der Waals surface area (Å²) < 4.78 is 0. The Morgan fingerprint density at radius 1 is 1.57 bits per heavy atom. The predicted octanol–water partition coefficient (Wildman–Crippen LogP) is 0.745. The molecule has 0 saturated carbocycles. The number of nitrogens with zero attached hydrogens (tertiary/aromatic N) is 2. The molecule has 0 spiro atoms. The second kappa shape index (κ2) is 6.39. The molecule has 14 heavy (non-hydrogen) atoms. The van der Waals surface area contributed by atoms with Crippen molar-refractivity contribution in [1.82, 2.24) is 10.2 Å². The van der Waals surface area contributed by atoms with Gasteiger partial charge in [-0.3, -0.25) is 10.1 Å². The van der Waals surface area contributed by atoms with E-state index in [9.17, 15) is 4.79 Å². The van der Waals surface area contributed by atoms with Gasteiger partial charge in [0.25, 0.3) is 0 Å². The number of amides is 1. The van der Waals surface area contributed by atoms with Crippen molar-refractivity contribution in [1.29, 1.82) is 5.26 Å². The molecule has 0 fully saturated rings. The van der Waals surface area contributed by atoms with E-state index >= 15 is 0 Å². The van der Waals surface area contributed by atoms with Gasteiger partial charge in [-0.15, -0.1) is 0 Å². The third-order valence-corrected chi connectivity index (χ3v) is 2.13. The Balaban J connectivity index is 4.05. The summed E-state index contributed by atoms with van der Waals surface area (Å²) in [5.74, 6) is -0.0210. The number of nitriles is 1. The largest absolute Gasteiger partial charge is 0.349 e. The third-order valence-electron chi connectivity index (χ3n) is 2.13. The van der Waals surface area contributed by atoms with Gasteiger partial charge in [0, 0.05) is 20.1 Å². The Morgan fingerprint density at radius 2 is 2.14 bits per heavy atom. The molecule has 0 radical (unpaired) electrons. The van der Waals surface area contributed by atoms with Crippen LogP contribution in [0, 0.1) is 11.3 Å². The van der Waals surface area contributed by atoms with Crippen LogP contribution in [-0.4, -0.2) is 37.0 Å². The highest BCUT2D eigenvalue weighted by Crippen LogP contribution is 1.98. The molecule has 0 rings (SSSR count). The van der Waals surface area contributed by atoms with E-state index < -0.39 is 0 Å². The van der Waals surface area contributed by atoms with Crippen LogP contribution in [0.3, 0.4) is 0 Å². The Kier molecular flexibility index (Phi) is 5.89. The summed E-state index contributed by atoms with van der Waals surface area (Å²) >= 11 is 0. The van der Waals surface area contributed by atoms with Crippen molar-refractivity contribution in [3.8, 4) is 6.07 Å². The van der Waals surface area contributed by atoms with Crippen molar-refractivity contribution >= 4 is 5.91 Å². The number of carbonyl (C=O) groups excluding carboxylic acids is 1. The van der Waals surface area contributed by atoms with E-state index in [4.69, 9.17) is 5.26 Å². The fraction of sp³-hybridized carbons (Fsp3) is 0.800. The van der Waals surface area contributed by atoms with Crippen LogP contribution in [0.5, 0.6) is 0 Å². The fourth-order valence-electron chi connectivity index (χ4n) is 0.960. The smallest absolute Gasteiger partial charge is 0.224 e. The molecule has 0 aromatic rings. The van der Waals surface area contributed by atoms with Gasteiger partial charge in [0.15, 0.2) is 0 Å². The lowest BCUT2D eigenvalue weighted by Crippen LogP contribution is -2.39. The van der Waals surface area contributed by atoms with E-state index in [0.717, 1.165) is 6.42 Å². The number of carbonyl (C=O) groups is 1. The summed E-state index contributed by atoms with van der Waals surface area (Å²) in [6, 6.07) is 1.99. The van der Waals surface area contributed by atoms with Gasteiger partial charge in [-0.1, -0.05) is 6.92 Å². The molecule has 0 aromatic carbocycles. The molecule has 1 N–H and O–H groups in total. The first-order chi connectivity index (χ1) is 6.51. The maximum absolute atomic E-state index is 11.3. The van der Waals surface area contributed by atoms with Crippen LogP contribution < -0.4 is 5.32 Å². The summed E-state index contributed by atoms with van der Waals surface area (Å²) in [5.41, 5.74) is 0. The first-order valence-electron chi connectivity index (χ1n) is 4.87. The Morgan fingerprint density at radius 3 is 2.50 bits per heavy atom.